The van der Waals surface area contributed by atoms with E-state index in [-0.39, 0.29) is 5.38 Å². The number of halogens is 1. The first kappa shape index (κ1) is 11.8. The van der Waals surface area contributed by atoms with Gasteiger partial charge in [0.05, 0.1) is 5.38 Å². The van der Waals surface area contributed by atoms with Crippen LogP contribution < -0.4 is 0 Å². The largest absolute Gasteiger partial charge is 0.117 e. The summed E-state index contributed by atoms with van der Waals surface area (Å²) in [5, 5.41) is 3.05. The van der Waals surface area contributed by atoms with Gasteiger partial charge in [-0.1, -0.05) is 44.2 Å². The van der Waals surface area contributed by atoms with E-state index in [2.05, 4.69) is 44.2 Å². The van der Waals surface area contributed by atoms with Gasteiger partial charge in [-0.05, 0) is 58.1 Å². The molecule has 0 aliphatic heterocycles. The van der Waals surface area contributed by atoms with Crippen LogP contribution in [0.3, 0.4) is 0 Å². The molecule has 19 heavy (non-hydrogen) atoms. The molecule has 2 aliphatic rings. The minimum atomic E-state index is 0.167. The van der Waals surface area contributed by atoms with Crippen molar-refractivity contribution in [3.63, 3.8) is 0 Å². The smallest absolute Gasteiger partial charge is 0.0624 e. The van der Waals surface area contributed by atoms with Gasteiger partial charge in [0.1, 0.15) is 0 Å². The standard InChI is InChI=1S/C18H19Cl/c1-18(2)10-15(18)17(19)14-9-8-12-7-6-11-4-3-5-13(14)16(11)12/h3-5,8-9,15,17H,6-7,10H2,1-2H3. The van der Waals surface area contributed by atoms with Crippen LogP contribution in [0.1, 0.15) is 42.3 Å². The van der Waals surface area contributed by atoms with Crippen LogP contribution in [-0.4, -0.2) is 0 Å². The third-order valence-electron chi connectivity index (χ3n) is 5.15. The van der Waals surface area contributed by atoms with Crippen LogP contribution in [-0.2, 0) is 12.8 Å². The molecule has 0 radical (unpaired) electrons. The van der Waals surface area contributed by atoms with Gasteiger partial charge in [-0.2, -0.15) is 0 Å². The molecule has 0 spiro atoms. The Morgan fingerprint density at radius 2 is 1.79 bits per heavy atom. The molecule has 0 saturated heterocycles. The number of hydrogen-bond acceptors (Lipinski definition) is 0. The van der Waals surface area contributed by atoms with Crippen molar-refractivity contribution in [3.05, 3.63) is 47.0 Å². The van der Waals surface area contributed by atoms with Crippen LogP contribution >= 0.6 is 11.6 Å². The summed E-state index contributed by atoms with van der Waals surface area (Å²) < 4.78 is 0. The zero-order valence-electron chi connectivity index (χ0n) is 11.5. The molecule has 0 aromatic heterocycles. The molecule has 4 rings (SSSR count). The molecule has 2 aliphatic carbocycles. The van der Waals surface area contributed by atoms with Gasteiger partial charge in [-0.15, -0.1) is 11.6 Å². The van der Waals surface area contributed by atoms with Gasteiger partial charge in [0.25, 0.3) is 0 Å². The summed E-state index contributed by atoms with van der Waals surface area (Å²) in [4.78, 5) is 0. The summed E-state index contributed by atoms with van der Waals surface area (Å²) in [5.41, 5.74) is 4.79. The lowest BCUT2D eigenvalue weighted by atomic mass is 9.94. The van der Waals surface area contributed by atoms with Crippen molar-refractivity contribution in [3.8, 4) is 0 Å². The molecule has 0 N–H and O–H groups in total. The fourth-order valence-electron chi connectivity index (χ4n) is 3.73. The zero-order chi connectivity index (χ0) is 13.2. The highest BCUT2D eigenvalue weighted by Gasteiger charge is 2.50. The SMILES string of the molecule is CC1(C)CC1C(Cl)c1ccc2c3c(cccc13)CC2. The molecule has 2 unspecified atom stereocenters. The lowest BCUT2D eigenvalue weighted by molar-refractivity contribution is 0.549. The molecule has 0 heterocycles. The van der Waals surface area contributed by atoms with Crippen LogP contribution in [0.25, 0.3) is 10.8 Å². The van der Waals surface area contributed by atoms with E-state index in [1.165, 1.54) is 46.7 Å². The van der Waals surface area contributed by atoms with E-state index in [1.54, 1.807) is 0 Å². The van der Waals surface area contributed by atoms with E-state index in [4.69, 9.17) is 11.6 Å². The highest BCUT2D eigenvalue weighted by molar-refractivity contribution is 6.22. The first-order valence-electron chi connectivity index (χ1n) is 7.25. The van der Waals surface area contributed by atoms with E-state index in [0.717, 1.165) is 0 Å². The van der Waals surface area contributed by atoms with Crippen LogP contribution in [0.15, 0.2) is 30.3 Å². The van der Waals surface area contributed by atoms with Crippen molar-refractivity contribution in [2.24, 2.45) is 11.3 Å². The maximum Gasteiger partial charge on any atom is 0.0624 e. The summed E-state index contributed by atoms with van der Waals surface area (Å²) >= 11 is 6.79. The van der Waals surface area contributed by atoms with Gasteiger partial charge in [0, 0.05) is 0 Å². The molecule has 2 aromatic carbocycles. The monoisotopic (exact) mass is 270 g/mol. The number of alkyl halides is 1. The predicted octanol–water partition coefficient (Wildman–Crippen LogP) is 5.26. The molecule has 0 nitrogen and oxygen atoms in total. The normalized spacial score (nSPS) is 24.7. The molecule has 98 valence electrons. The highest BCUT2D eigenvalue weighted by Crippen LogP contribution is 2.60. The van der Waals surface area contributed by atoms with Crippen molar-refractivity contribution in [1.82, 2.24) is 0 Å². The quantitative estimate of drug-likeness (QED) is 0.653. The van der Waals surface area contributed by atoms with Gasteiger partial charge in [-0.3, -0.25) is 0 Å². The van der Waals surface area contributed by atoms with Gasteiger partial charge >= 0.3 is 0 Å². The van der Waals surface area contributed by atoms with Crippen molar-refractivity contribution in [1.29, 1.82) is 0 Å². The summed E-state index contributed by atoms with van der Waals surface area (Å²) in [6, 6.07) is 11.3. The fraction of sp³-hybridized carbons (Fsp3) is 0.444. The van der Waals surface area contributed by atoms with Crippen LogP contribution in [0.4, 0.5) is 0 Å². The van der Waals surface area contributed by atoms with Crippen LogP contribution in [0, 0.1) is 11.3 Å². The average molecular weight is 271 g/mol. The Morgan fingerprint density at radius 1 is 1.11 bits per heavy atom. The summed E-state index contributed by atoms with van der Waals surface area (Å²) in [7, 11) is 0. The molecular formula is C18H19Cl. The molecule has 0 amide bonds. The second-order valence-electron chi connectivity index (χ2n) is 6.85. The third kappa shape index (κ3) is 1.66. The first-order chi connectivity index (χ1) is 9.08. The third-order valence-corrected chi connectivity index (χ3v) is 5.69. The van der Waals surface area contributed by atoms with E-state index >= 15 is 0 Å². The lowest BCUT2D eigenvalue weighted by Crippen LogP contribution is -2.00. The number of hydrogen-bond donors (Lipinski definition) is 0. The molecule has 1 fully saturated rings. The van der Waals surface area contributed by atoms with Crippen molar-refractivity contribution >= 4 is 22.4 Å². The van der Waals surface area contributed by atoms with E-state index in [0.29, 0.717) is 11.3 Å². The maximum absolute atomic E-state index is 6.79. The summed E-state index contributed by atoms with van der Waals surface area (Å²) in [5.74, 6) is 0.632. The Bertz CT molecular complexity index is 658. The average Bonchev–Trinajstić information content (AvgIpc) is 2.83. The number of aryl methyl sites for hydroxylation is 2. The summed E-state index contributed by atoms with van der Waals surface area (Å²) in [6.45, 7) is 4.65. The zero-order valence-corrected chi connectivity index (χ0v) is 12.3. The van der Waals surface area contributed by atoms with Crippen molar-refractivity contribution in [2.45, 2.75) is 38.5 Å². The van der Waals surface area contributed by atoms with Gasteiger partial charge in [-0.25, -0.2) is 0 Å². The molecule has 2 aromatic rings. The summed E-state index contributed by atoms with van der Waals surface area (Å²) in [6.07, 6.45) is 3.64. The lowest BCUT2D eigenvalue weighted by Gasteiger charge is -2.15. The van der Waals surface area contributed by atoms with Crippen LogP contribution in [0.5, 0.6) is 0 Å². The van der Waals surface area contributed by atoms with E-state index in [9.17, 15) is 0 Å². The van der Waals surface area contributed by atoms with Crippen LogP contribution in [0.2, 0.25) is 0 Å². The predicted molar refractivity (Wildman–Crippen MR) is 81.8 cm³/mol. The Labute approximate surface area is 119 Å². The second kappa shape index (κ2) is 3.76. The molecule has 1 heteroatoms. The Hall–Kier alpha value is -1.01. The number of benzene rings is 2. The maximum atomic E-state index is 6.79. The van der Waals surface area contributed by atoms with Crippen molar-refractivity contribution in [2.75, 3.05) is 0 Å². The molecular weight excluding hydrogens is 252 g/mol. The van der Waals surface area contributed by atoms with Crippen molar-refractivity contribution < 1.29 is 0 Å². The highest BCUT2D eigenvalue weighted by atomic mass is 35.5. The Morgan fingerprint density at radius 3 is 2.47 bits per heavy atom. The molecule has 2 atom stereocenters. The second-order valence-corrected chi connectivity index (χ2v) is 7.32. The fourth-order valence-corrected chi connectivity index (χ4v) is 4.35. The van der Waals surface area contributed by atoms with Gasteiger partial charge in [0.15, 0.2) is 0 Å². The topological polar surface area (TPSA) is 0 Å². The minimum absolute atomic E-state index is 0.167. The van der Waals surface area contributed by atoms with E-state index < -0.39 is 0 Å². The first-order valence-corrected chi connectivity index (χ1v) is 7.69. The number of rotatable bonds is 2. The Kier molecular flexibility index (Phi) is 2.33. The molecule has 1 saturated carbocycles. The minimum Gasteiger partial charge on any atom is -0.117 e. The molecule has 0 bridgehead atoms. The van der Waals surface area contributed by atoms with Gasteiger partial charge in [0.2, 0.25) is 0 Å². The van der Waals surface area contributed by atoms with Gasteiger partial charge < -0.3 is 0 Å². The van der Waals surface area contributed by atoms with E-state index in [1.807, 2.05) is 0 Å². The Balaban J connectivity index is 1.88.